The first-order chi connectivity index (χ1) is 8.04. The number of hydrogen-bond acceptors (Lipinski definition) is 3. The van der Waals surface area contributed by atoms with E-state index in [-0.39, 0.29) is 5.78 Å². The van der Waals surface area contributed by atoms with E-state index in [1.807, 2.05) is 44.2 Å². The maximum Gasteiger partial charge on any atom is 0.169 e. The van der Waals surface area contributed by atoms with Crippen molar-refractivity contribution >= 4 is 16.7 Å². The molecule has 0 aliphatic rings. The number of rotatable bonds is 3. The summed E-state index contributed by atoms with van der Waals surface area (Å²) in [6, 6.07) is 9.38. The fourth-order valence-corrected chi connectivity index (χ4v) is 1.70. The molecule has 0 radical (unpaired) electrons. The first kappa shape index (κ1) is 11.7. The van der Waals surface area contributed by atoms with Crippen molar-refractivity contribution in [3.8, 4) is 0 Å². The Kier molecular flexibility index (Phi) is 2.94. The maximum atomic E-state index is 12.2. The normalized spacial score (nSPS) is 11.7. The molecule has 0 aliphatic carbocycles. The third-order valence-corrected chi connectivity index (χ3v) is 2.99. The van der Waals surface area contributed by atoms with Crippen molar-refractivity contribution in [2.24, 2.45) is 11.1 Å². The van der Waals surface area contributed by atoms with Crippen LogP contribution < -0.4 is 5.73 Å². The number of pyridine rings is 1. The van der Waals surface area contributed by atoms with Crippen molar-refractivity contribution in [3.63, 3.8) is 0 Å². The summed E-state index contributed by atoms with van der Waals surface area (Å²) in [5.74, 6) is 0.0748. The largest absolute Gasteiger partial charge is 0.329 e. The Morgan fingerprint density at radius 2 is 2.12 bits per heavy atom. The summed E-state index contributed by atoms with van der Waals surface area (Å²) >= 11 is 0. The molecule has 0 bridgehead atoms. The zero-order valence-electron chi connectivity index (χ0n) is 10.1. The van der Waals surface area contributed by atoms with E-state index in [1.165, 1.54) is 0 Å². The molecule has 0 fully saturated rings. The minimum absolute atomic E-state index is 0.0748. The van der Waals surface area contributed by atoms with Crippen LogP contribution in [-0.4, -0.2) is 17.3 Å². The third kappa shape index (κ3) is 2.19. The smallest absolute Gasteiger partial charge is 0.169 e. The number of aromatic nitrogens is 1. The molecule has 2 rings (SSSR count). The Labute approximate surface area is 101 Å². The van der Waals surface area contributed by atoms with E-state index in [4.69, 9.17) is 5.73 Å². The minimum atomic E-state index is -0.518. The Balaban J connectivity index is 2.47. The molecule has 3 heteroatoms. The lowest BCUT2D eigenvalue weighted by Gasteiger charge is -2.20. The standard InChI is InChI=1S/C14H16N2O/c1-14(2,9-15)13(17)11-5-6-12-10(8-11)4-3-7-16-12/h3-8H,9,15H2,1-2H3. The second-order valence-corrected chi connectivity index (χ2v) is 4.83. The van der Waals surface area contributed by atoms with Crippen LogP contribution in [0.5, 0.6) is 0 Å². The molecule has 1 aromatic heterocycles. The number of Topliss-reactive ketones (excluding diaryl/α,β-unsaturated/α-hetero) is 1. The third-order valence-electron chi connectivity index (χ3n) is 2.99. The molecule has 0 unspecified atom stereocenters. The summed E-state index contributed by atoms with van der Waals surface area (Å²) in [7, 11) is 0. The molecular formula is C14H16N2O. The average Bonchev–Trinajstić information content (AvgIpc) is 2.37. The predicted octanol–water partition coefficient (Wildman–Crippen LogP) is 2.40. The Hall–Kier alpha value is -1.74. The molecule has 0 amide bonds. The van der Waals surface area contributed by atoms with Gasteiger partial charge < -0.3 is 5.73 Å². The van der Waals surface area contributed by atoms with Gasteiger partial charge in [-0.1, -0.05) is 19.9 Å². The first-order valence-electron chi connectivity index (χ1n) is 5.64. The topological polar surface area (TPSA) is 56.0 Å². The van der Waals surface area contributed by atoms with Gasteiger partial charge in [-0.2, -0.15) is 0 Å². The quantitative estimate of drug-likeness (QED) is 0.821. The number of fused-ring (bicyclic) bond motifs is 1. The number of benzene rings is 1. The molecule has 88 valence electrons. The van der Waals surface area contributed by atoms with Crippen LogP contribution in [-0.2, 0) is 0 Å². The van der Waals surface area contributed by atoms with Crippen LogP contribution in [0, 0.1) is 5.41 Å². The van der Waals surface area contributed by atoms with Crippen molar-refractivity contribution in [2.45, 2.75) is 13.8 Å². The number of hydrogen-bond donors (Lipinski definition) is 1. The van der Waals surface area contributed by atoms with Gasteiger partial charge in [0.2, 0.25) is 0 Å². The minimum Gasteiger partial charge on any atom is -0.329 e. The number of nitrogens with two attached hydrogens (primary N) is 1. The Bertz CT molecular complexity index is 561. The van der Waals surface area contributed by atoms with Crippen molar-refractivity contribution in [3.05, 3.63) is 42.1 Å². The van der Waals surface area contributed by atoms with Gasteiger partial charge in [0, 0.05) is 29.1 Å². The second kappa shape index (κ2) is 4.26. The Morgan fingerprint density at radius 3 is 2.82 bits per heavy atom. The van der Waals surface area contributed by atoms with Crippen molar-refractivity contribution in [2.75, 3.05) is 6.54 Å². The highest BCUT2D eigenvalue weighted by Gasteiger charge is 2.26. The van der Waals surface area contributed by atoms with Gasteiger partial charge in [-0.15, -0.1) is 0 Å². The van der Waals surface area contributed by atoms with Crippen LogP contribution in [0.1, 0.15) is 24.2 Å². The number of nitrogens with zero attached hydrogens (tertiary/aromatic N) is 1. The highest BCUT2D eigenvalue weighted by Crippen LogP contribution is 2.22. The fraction of sp³-hybridized carbons (Fsp3) is 0.286. The van der Waals surface area contributed by atoms with E-state index >= 15 is 0 Å². The van der Waals surface area contributed by atoms with Crippen molar-refractivity contribution in [1.82, 2.24) is 4.98 Å². The molecule has 1 aromatic carbocycles. The van der Waals surface area contributed by atoms with E-state index < -0.39 is 5.41 Å². The van der Waals surface area contributed by atoms with E-state index in [0.29, 0.717) is 12.1 Å². The molecule has 0 saturated carbocycles. The first-order valence-corrected chi connectivity index (χ1v) is 5.64. The van der Waals surface area contributed by atoms with E-state index in [0.717, 1.165) is 10.9 Å². The lowest BCUT2D eigenvalue weighted by molar-refractivity contribution is 0.0847. The van der Waals surface area contributed by atoms with Crippen LogP contribution in [0.4, 0.5) is 0 Å². The zero-order chi connectivity index (χ0) is 12.5. The molecular weight excluding hydrogens is 212 g/mol. The maximum absolute atomic E-state index is 12.2. The van der Waals surface area contributed by atoms with Gasteiger partial charge in [0.1, 0.15) is 0 Å². The number of carbonyl (C=O) groups excluding carboxylic acids is 1. The van der Waals surface area contributed by atoms with Gasteiger partial charge in [-0.3, -0.25) is 9.78 Å². The van der Waals surface area contributed by atoms with Gasteiger partial charge >= 0.3 is 0 Å². The summed E-state index contributed by atoms with van der Waals surface area (Å²) in [5.41, 5.74) is 6.70. The highest BCUT2D eigenvalue weighted by atomic mass is 16.1. The Morgan fingerprint density at radius 1 is 1.35 bits per heavy atom. The van der Waals surface area contributed by atoms with Gasteiger partial charge in [-0.05, 0) is 24.3 Å². The predicted molar refractivity (Wildman–Crippen MR) is 68.9 cm³/mol. The monoisotopic (exact) mass is 228 g/mol. The van der Waals surface area contributed by atoms with Gasteiger partial charge in [0.05, 0.1) is 5.52 Å². The second-order valence-electron chi connectivity index (χ2n) is 4.83. The summed E-state index contributed by atoms with van der Waals surface area (Å²) < 4.78 is 0. The summed E-state index contributed by atoms with van der Waals surface area (Å²) in [4.78, 5) is 16.5. The molecule has 17 heavy (non-hydrogen) atoms. The summed E-state index contributed by atoms with van der Waals surface area (Å²) in [6.45, 7) is 4.07. The van der Waals surface area contributed by atoms with Crippen LogP contribution in [0.2, 0.25) is 0 Å². The zero-order valence-corrected chi connectivity index (χ0v) is 10.1. The van der Waals surface area contributed by atoms with Crippen LogP contribution in [0.15, 0.2) is 36.5 Å². The SMILES string of the molecule is CC(C)(CN)C(=O)c1ccc2ncccc2c1. The summed E-state index contributed by atoms with van der Waals surface area (Å²) in [6.07, 6.45) is 1.74. The van der Waals surface area contributed by atoms with E-state index in [1.54, 1.807) is 6.20 Å². The molecule has 0 spiro atoms. The van der Waals surface area contributed by atoms with E-state index in [2.05, 4.69) is 4.98 Å². The van der Waals surface area contributed by atoms with Crippen LogP contribution in [0.25, 0.3) is 10.9 Å². The highest BCUT2D eigenvalue weighted by molar-refractivity contribution is 6.02. The van der Waals surface area contributed by atoms with Crippen molar-refractivity contribution in [1.29, 1.82) is 0 Å². The molecule has 3 nitrogen and oxygen atoms in total. The van der Waals surface area contributed by atoms with Gasteiger partial charge in [0.25, 0.3) is 0 Å². The molecule has 1 heterocycles. The van der Waals surface area contributed by atoms with E-state index in [9.17, 15) is 4.79 Å². The van der Waals surface area contributed by atoms with Gasteiger partial charge in [-0.25, -0.2) is 0 Å². The molecule has 2 aromatic rings. The number of ketones is 1. The fourth-order valence-electron chi connectivity index (χ4n) is 1.70. The molecule has 2 N–H and O–H groups in total. The molecule has 0 atom stereocenters. The molecule has 0 aliphatic heterocycles. The van der Waals surface area contributed by atoms with Crippen LogP contribution >= 0.6 is 0 Å². The number of carbonyl (C=O) groups is 1. The summed E-state index contributed by atoms with van der Waals surface area (Å²) in [5, 5.41) is 0.978. The van der Waals surface area contributed by atoms with Gasteiger partial charge in [0.15, 0.2) is 5.78 Å². The lowest BCUT2D eigenvalue weighted by Crippen LogP contribution is -2.32. The lowest BCUT2D eigenvalue weighted by atomic mass is 9.84. The average molecular weight is 228 g/mol. The van der Waals surface area contributed by atoms with Crippen molar-refractivity contribution < 1.29 is 4.79 Å². The molecule has 0 saturated heterocycles. The van der Waals surface area contributed by atoms with Crippen LogP contribution in [0.3, 0.4) is 0 Å².